The first kappa shape index (κ1) is 9.23. The molecule has 0 saturated carbocycles. The van der Waals surface area contributed by atoms with Crippen molar-refractivity contribution in [2.24, 2.45) is 0 Å². The van der Waals surface area contributed by atoms with Crippen molar-refractivity contribution in [1.82, 2.24) is 0 Å². The number of rotatable bonds is 0. The summed E-state index contributed by atoms with van der Waals surface area (Å²) in [6.45, 7) is 2.17. The fraction of sp³-hybridized carbons (Fsp3) is 0.231. The van der Waals surface area contributed by atoms with E-state index in [9.17, 15) is 0 Å². The Hall–Kier alpha value is -1.02. The van der Waals surface area contributed by atoms with Crippen LogP contribution in [0.2, 0.25) is 0 Å². The first-order valence-electron chi connectivity index (χ1n) is 5.24. The maximum absolute atomic E-state index is 6.11. The van der Waals surface area contributed by atoms with Gasteiger partial charge in [0, 0.05) is 9.23 Å². The van der Waals surface area contributed by atoms with Crippen LogP contribution in [0.5, 0.6) is 0 Å². The van der Waals surface area contributed by atoms with Gasteiger partial charge in [0.05, 0.1) is 0 Å². The molecule has 0 N–H and O–H groups in total. The summed E-state index contributed by atoms with van der Waals surface area (Å²) in [5, 5.41) is 2.63. The molecule has 0 spiro atoms. The molecule has 0 unspecified atom stereocenters. The second-order valence-corrected chi connectivity index (χ2v) is 5.11. The van der Waals surface area contributed by atoms with Gasteiger partial charge >= 0.3 is 0 Å². The Kier molecular flexibility index (Phi) is 1.99. The number of fused-ring (bicyclic) bond motifs is 3. The maximum atomic E-state index is 6.11. The Labute approximate surface area is 94.3 Å². The Morgan fingerprint density at radius 1 is 1.33 bits per heavy atom. The molecule has 3 rings (SSSR count). The zero-order valence-corrected chi connectivity index (χ0v) is 9.53. The zero-order valence-electron chi connectivity index (χ0n) is 8.71. The molecule has 0 nitrogen and oxygen atoms in total. The second-order valence-electron chi connectivity index (χ2n) is 4.06. The molecule has 0 atom stereocenters. The number of aryl methyl sites for hydroxylation is 1. The lowest BCUT2D eigenvalue weighted by atomic mass is 9.86. The van der Waals surface area contributed by atoms with E-state index in [0.29, 0.717) is 0 Å². The van der Waals surface area contributed by atoms with Gasteiger partial charge in [-0.15, -0.1) is 16.8 Å². The minimum absolute atomic E-state index is 1.01. The van der Waals surface area contributed by atoms with E-state index in [0.717, 1.165) is 18.3 Å². The van der Waals surface area contributed by atoms with Crippen LogP contribution in [-0.4, -0.2) is 7.85 Å². The van der Waals surface area contributed by atoms with Gasteiger partial charge in [-0.2, -0.15) is 0 Å². The number of benzene rings is 1. The Morgan fingerprint density at radius 2 is 2.20 bits per heavy atom. The third kappa shape index (κ3) is 1.28. The predicted octanol–water partition coefficient (Wildman–Crippen LogP) is 2.06. The molecule has 15 heavy (non-hydrogen) atoms. The SMILES string of the molecule is [B]C1=c2c(sc3c(C)cccc23)=CCC1. The fourth-order valence-electron chi connectivity index (χ4n) is 2.24. The van der Waals surface area contributed by atoms with Crippen molar-refractivity contribution >= 4 is 40.8 Å². The number of hydrogen-bond donors (Lipinski definition) is 0. The number of hydrogen-bond acceptors (Lipinski definition) is 1. The van der Waals surface area contributed by atoms with Crippen molar-refractivity contribution < 1.29 is 0 Å². The third-order valence-corrected chi connectivity index (χ3v) is 4.34. The molecule has 0 amide bonds. The van der Waals surface area contributed by atoms with Crippen LogP contribution in [0.4, 0.5) is 0 Å². The van der Waals surface area contributed by atoms with Crippen molar-refractivity contribution in [2.45, 2.75) is 19.8 Å². The number of thiophene rings is 1. The first-order chi connectivity index (χ1) is 7.27. The third-order valence-electron chi connectivity index (χ3n) is 3.00. The van der Waals surface area contributed by atoms with Crippen molar-refractivity contribution in [3.05, 3.63) is 33.5 Å². The largest absolute Gasteiger partial charge is 0.135 e. The van der Waals surface area contributed by atoms with Crippen LogP contribution in [-0.2, 0) is 0 Å². The van der Waals surface area contributed by atoms with Crippen molar-refractivity contribution in [2.75, 3.05) is 0 Å². The highest BCUT2D eigenvalue weighted by Crippen LogP contribution is 2.20. The van der Waals surface area contributed by atoms with Gasteiger partial charge in [-0.3, -0.25) is 0 Å². The van der Waals surface area contributed by atoms with Gasteiger partial charge in [0.25, 0.3) is 0 Å². The van der Waals surface area contributed by atoms with E-state index in [1.54, 1.807) is 0 Å². The normalized spacial score (nSPS) is 15.1. The van der Waals surface area contributed by atoms with Crippen LogP contribution < -0.4 is 9.75 Å². The summed E-state index contributed by atoms with van der Waals surface area (Å²) in [5.41, 5.74) is 2.41. The van der Waals surface area contributed by atoms with Crippen LogP contribution in [0.15, 0.2) is 18.2 Å². The topological polar surface area (TPSA) is 0 Å². The second kappa shape index (κ2) is 3.24. The molecular weight excluding hydrogens is 199 g/mol. The van der Waals surface area contributed by atoms with Gasteiger partial charge in [-0.25, -0.2) is 0 Å². The molecule has 1 heterocycles. The average Bonchev–Trinajstić information content (AvgIpc) is 2.59. The van der Waals surface area contributed by atoms with Gasteiger partial charge in [-0.05, 0) is 35.9 Å². The average molecular weight is 210 g/mol. The molecule has 1 aromatic heterocycles. The highest BCUT2D eigenvalue weighted by molar-refractivity contribution is 7.17. The molecular formula is C13H11BS. The molecule has 1 aliphatic rings. The highest BCUT2D eigenvalue weighted by atomic mass is 32.1. The molecule has 0 aliphatic heterocycles. The van der Waals surface area contributed by atoms with E-state index < -0.39 is 0 Å². The lowest BCUT2D eigenvalue weighted by Crippen LogP contribution is -2.24. The monoisotopic (exact) mass is 210 g/mol. The summed E-state index contributed by atoms with van der Waals surface area (Å²) in [5.74, 6) is 0. The van der Waals surface area contributed by atoms with Gasteiger partial charge < -0.3 is 0 Å². The van der Waals surface area contributed by atoms with E-state index in [-0.39, 0.29) is 0 Å². The van der Waals surface area contributed by atoms with E-state index >= 15 is 0 Å². The van der Waals surface area contributed by atoms with E-state index in [2.05, 4.69) is 31.2 Å². The lowest BCUT2D eigenvalue weighted by Gasteiger charge is -2.02. The maximum Gasteiger partial charge on any atom is 0.108 e. The van der Waals surface area contributed by atoms with Crippen LogP contribution in [0.1, 0.15) is 18.4 Å². The Bertz CT molecular complexity index is 649. The molecule has 0 fully saturated rings. The standard InChI is InChI=1S/C13H11BS/c1-8-4-2-5-9-12-10(14)6-3-7-11(12)15-13(8)9/h2,4-5,7H,3,6H2,1H3. The summed E-state index contributed by atoms with van der Waals surface area (Å²) in [6, 6.07) is 6.47. The van der Waals surface area contributed by atoms with Crippen molar-refractivity contribution in [3.8, 4) is 0 Å². The summed E-state index contributed by atoms with van der Waals surface area (Å²) >= 11 is 1.87. The molecule has 2 radical (unpaired) electrons. The summed E-state index contributed by atoms with van der Waals surface area (Å²) < 4.78 is 2.76. The minimum atomic E-state index is 1.01. The van der Waals surface area contributed by atoms with Gasteiger partial charge in [0.2, 0.25) is 0 Å². The summed E-state index contributed by atoms with van der Waals surface area (Å²) in [6.07, 6.45) is 4.41. The summed E-state index contributed by atoms with van der Waals surface area (Å²) in [7, 11) is 6.11. The molecule has 1 aliphatic carbocycles. The smallest absolute Gasteiger partial charge is 0.108 e. The van der Waals surface area contributed by atoms with E-state index in [4.69, 9.17) is 7.85 Å². The highest BCUT2D eigenvalue weighted by Gasteiger charge is 2.07. The molecule has 1 aromatic carbocycles. The minimum Gasteiger partial charge on any atom is -0.135 e. The van der Waals surface area contributed by atoms with E-state index in [1.165, 1.54) is 25.4 Å². The quantitative estimate of drug-likeness (QED) is 0.584. The molecule has 0 bridgehead atoms. The predicted molar refractivity (Wildman–Crippen MR) is 68.7 cm³/mol. The zero-order chi connectivity index (χ0) is 10.4. The van der Waals surface area contributed by atoms with Crippen LogP contribution in [0.25, 0.3) is 21.6 Å². The van der Waals surface area contributed by atoms with Gasteiger partial charge in [0.15, 0.2) is 0 Å². The van der Waals surface area contributed by atoms with Crippen molar-refractivity contribution in [3.63, 3.8) is 0 Å². The lowest BCUT2D eigenvalue weighted by molar-refractivity contribution is 1.12. The molecule has 2 aromatic rings. The molecule has 72 valence electrons. The first-order valence-corrected chi connectivity index (χ1v) is 6.06. The van der Waals surface area contributed by atoms with Crippen LogP contribution >= 0.6 is 11.3 Å². The molecule has 0 saturated heterocycles. The van der Waals surface area contributed by atoms with Crippen LogP contribution in [0.3, 0.4) is 0 Å². The molecule has 2 heteroatoms. The fourth-order valence-corrected chi connectivity index (χ4v) is 3.51. The Morgan fingerprint density at radius 3 is 3.07 bits per heavy atom. The van der Waals surface area contributed by atoms with Gasteiger partial charge in [0.1, 0.15) is 7.85 Å². The van der Waals surface area contributed by atoms with Gasteiger partial charge in [-0.1, -0.05) is 24.3 Å². The van der Waals surface area contributed by atoms with Crippen LogP contribution in [0, 0.1) is 6.92 Å². The Balaban J connectivity index is 2.65. The summed E-state index contributed by atoms with van der Waals surface area (Å²) in [4.78, 5) is 0. The van der Waals surface area contributed by atoms with Crippen molar-refractivity contribution in [1.29, 1.82) is 0 Å². The van der Waals surface area contributed by atoms with E-state index in [1.807, 2.05) is 11.3 Å².